The molecule has 0 atom stereocenters. The van der Waals surface area contributed by atoms with Crippen molar-refractivity contribution in [3.05, 3.63) is 39.8 Å². The molecule has 1 aromatic carbocycles. The highest BCUT2D eigenvalue weighted by Crippen LogP contribution is 2.30. The van der Waals surface area contributed by atoms with Crippen molar-refractivity contribution in [3.8, 4) is 17.1 Å². The molecule has 2 N–H and O–H groups in total. The van der Waals surface area contributed by atoms with Crippen LogP contribution in [-0.2, 0) is 22.9 Å². The van der Waals surface area contributed by atoms with Gasteiger partial charge in [0.1, 0.15) is 11.6 Å². The second-order valence-corrected chi connectivity index (χ2v) is 9.77. The number of aromatic amines is 1. The van der Waals surface area contributed by atoms with Gasteiger partial charge in [-0.1, -0.05) is 20.8 Å². The van der Waals surface area contributed by atoms with Gasteiger partial charge in [0.2, 0.25) is 10.0 Å². The average molecular weight is 463 g/mol. The van der Waals surface area contributed by atoms with E-state index in [0.29, 0.717) is 60.9 Å². The maximum atomic E-state index is 12.9. The van der Waals surface area contributed by atoms with Crippen molar-refractivity contribution in [1.29, 1.82) is 0 Å². The van der Waals surface area contributed by atoms with E-state index in [0.717, 1.165) is 32.4 Å². The molecule has 0 radical (unpaired) electrons. The second kappa shape index (κ2) is 11.1. The molecule has 0 unspecified atom stereocenters. The largest absolute Gasteiger partial charge is 0.493 e. The Balaban J connectivity index is 1.94. The molecule has 2 heterocycles. The van der Waals surface area contributed by atoms with E-state index >= 15 is 0 Å². The van der Waals surface area contributed by atoms with Gasteiger partial charge in [0.25, 0.3) is 5.56 Å². The Hall–Kier alpha value is -2.23. The van der Waals surface area contributed by atoms with Crippen LogP contribution in [0.3, 0.4) is 0 Å². The number of aryl methyl sites for hydroxylation is 1. The summed E-state index contributed by atoms with van der Waals surface area (Å²) in [6.07, 6.45) is 4.33. The van der Waals surface area contributed by atoms with Crippen molar-refractivity contribution >= 4 is 10.0 Å². The van der Waals surface area contributed by atoms with Gasteiger partial charge >= 0.3 is 0 Å². The summed E-state index contributed by atoms with van der Waals surface area (Å²) in [6.45, 7) is 9.41. The van der Waals surface area contributed by atoms with E-state index < -0.39 is 10.0 Å². The first-order valence-corrected chi connectivity index (χ1v) is 13.0. The minimum absolute atomic E-state index is 0.123. The first kappa shape index (κ1) is 24.4. The van der Waals surface area contributed by atoms with Crippen LogP contribution in [-0.4, -0.2) is 56.1 Å². The van der Waals surface area contributed by atoms with E-state index in [9.17, 15) is 13.2 Å². The van der Waals surface area contributed by atoms with Crippen LogP contribution in [0.4, 0.5) is 0 Å². The molecule has 9 heteroatoms. The standard InChI is InChI=1S/C23H34N4O4S/c1-4-15-31-21-10-9-17(32(29,30)24-11-14-27-12-7-8-13-27)16-19(21)22-25-20(6-3)18(5-2)23(28)26-22/h9-10,16,24H,4-8,11-15H2,1-3H3,(H,25,26,28). The molecule has 1 aromatic heterocycles. The molecule has 3 rings (SSSR count). The fraction of sp³-hybridized carbons (Fsp3) is 0.565. The van der Waals surface area contributed by atoms with Crippen molar-refractivity contribution in [2.45, 2.75) is 57.8 Å². The Morgan fingerprint density at radius 2 is 1.91 bits per heavy atom. The lowest BCUT2D eigenvalue weighted by Gasteiger charge is -2.16. The fourth-order valence-corrected chi connectivity index (χ4v) is 5.00. The lowest BCUT2D eigenvalue weighted by molar-refractivity contribution is 0.318. The zero-order chi connectivity index (χ0) is 23.1. The molecule has 8 nitrogen and oxygen atoms in total. The molecule has 176 valence electrons. The maximum absolute atomic E-state index is 12.9. The van der Waals surface area contributed by atoms with Crippen molar-refractivity contribution in [3.63, 3.8) is 0 Å². The topological polar surface area (TPSA) is 104 Å². The Labute approximate surface area is 190 Å². The zero-order valence-corrected chi connectivity index (χ0v) is 20.1. The lowest BCUT2D eigenvalue weighted by atomic mass is 10.1. The number of rotatable bonds is 11. The van der Waals surface area contributed by atoms with Gasteiger partial charge in [-0.25, -0.2) is 18.1 Å². The monoisotopic (exact) mass is 462 g/mol. The van der Waals surface area contributed by atoms with Gasteiger partial charge in [0.15, 0.2) is 0 Å². The highest BCUT2D eigenvalue weighted by Gasteiger charge is 2.20. The summed E-state index contributed by atoms with van der Waals surface area (Å²) in [5.41, 5.74) is 1.63. The number of nitrogens with zero attached hydrogens (tertiary/aromatic N) is 2. The van der Waals surface area contributed by atoms with Gasteiger partial charge in [-0.05, 0) is 63.4 Å². The minimum atomic E-state index is -3.71. The molecule has 1 aliphatic rings. The quantitative estimate of drug-likeness (QED) is 0.532. The predicted molar refractivity (Wildman–Crippen MR) is 126 cm³/mol. The number of aromatic nitrogens is 2. The Morgan fingerprint density at radius 1 is 1.16 bits per heavy atom. The summed E-state index contributed by atoms with van der Waals surface area (Å²) in [7, 11) is -3.71. The molecule has 0 saturated carbocycles. The van der Waals surface area contributed by atoms with E-state index in [1.54, 1.807) is 6.07 Å². The van der Waals surface area contributed by atoms with Crippen LogP contribution in [0.1, 0.15) is 51.3 Å². The van der Waals surface area contributed by atoms with Gasteiger partial charge in [0, 0.05) is 18.7 Å². The summed E-state index contributed by atoms with van der Waals surface area (Å²) >= 11 is 0. The minimum Gasteiger partial charge on any atom is -0.493 e. The first-order chi connectivity index (χ1) is 15.4. The zero-order valence-electron chi connectivity index (χ0n) is 19.2. The SMILES string of the molecule is CCCOc1ccc(S(=O)(=O)NCCN2CCCC2)cc1-c1nc(CC)c(CC)c(=O)[nH]1. The predicted octanol–water partition coefficient (Wildman–Crippen LogP) is 2.72. The van der Waals surface area contributed by atoms with Crippen LogP contribution in [0.15, 0.2) is 27.9 Å². The highest BCUT2D eigenvalue weighted by atomic mass is 32.2. The van der Waals surface area contributed by atoms with E-state index in [4.69, 9.17) is 4.74 Å². The van der Waals surface area contributed by atoms with Crippen LogP contribution >= 0.6 is 0 Å². The van der Waals surface area contributed by atoms with Crippen LogP contribution in [0, 0.1) is 0 Å². The summed E-state index contributed by atoms with van der Waals surface area (Å²) < 4.78 is 34.4. The van der Waals surface area contributed by atoms with Gasteiger partial charge in [-0.15, -0.1) is 0 Å². The molecule has 0 amide bonds. The van der Waals surface area contributed by atoms with Crippen molar-refractivity contribution < 1.29 is 13.2 Å². The highest BCUT2D eigenvalue weighted by molar-refractivity contribution is 7.89. The number of benzene rings is 1. The summed E-state index contributed by atoms with van der Waals surface area (Å²) in [5, 5.41) is 0. The molecular weight excluding hydrogens is 428 g/mol. The van der Waals surface area contributed by atoms with Gasteiger partial charge < -0.3 is 14.6 Å². The van der Waals surface area contributed by atoms with E-state index in [2.05, 4.69) is 19.6 Å². The van der Waals surface area contributed by atoms with Crippen LogP contribution in [0.5, 0.6) is 5.75 Å². The van der Waals surface area contributed by atoms with Crippen molar-refractivity contribution in [1.82, 2.24) is 19.6 Å². The number of H-pyrrole nitrogens is 1. The average Bonchev–Trinajstić information content (AvgIpc) is 3.30. The maximum Gasteiger partial charge on any atom is 0.254 e. The molecule has 32 heavy (non-hydrogen) atoms. The number of hydrogen-bond donors (Lipinski definition) is 2. The van der Waals surface area contributed by atoms with Crippen LogP contribution in [0.25, 0.3) is 11.4 Å². The molecule has 0 aliphatic carbocycles. The van der Waals surface area contributed by atoms with Gasteiger partial charge in [-0.2, -0.15) is 0 Å². The number of likely N-dealkylation sites (tertiary alicyclic amines) is 1. The number of hydrogen-bond acceptors (Lipinski definition) is 6. The van der Waals surface area contributed by atoms with Crippen LogP contribution < -0.4 is 15.0 Å². The third-order valence-corrected chi connectivity index (χ3v) is 7.15. The Kier molecular flexibility index (Phi) is 8.44. The van der Waals surface area contributed by atoms with E-state index in [-0.39, 0.29) is 10.5 Å². The summed E-state index contributed by atoms with van der Waals surface area (Å²) in [5.74, 6) is 0.821. The van der Waals surface area contributed by atoms with Crippen molar-refractivity contribution in [2.24, 2.45) is 0 Å². The fourth-order valence-electron chi connectivity index (χ4n) is 3.96. The van der Waals surface area contributed by atoms with Gasteiger partial charge in [-0.3, -0.25) is 4.79 Å². The second-order valence-electron chi connectivity index (χ2n) is 8.00. The number of ether oxygens (including phenoxy) is 1. The Morgan fingerprint density at radius 3 is 2.56 bits per heavy atom. The normalized spacial score (nSPS) is 14.7. The molecule has 1 fully saturated rings. The molecule has 1 saturated heterocycles. The number of nitrogens with one attached hydrogen (secondary N) is 2. The van der Waals surface area contributed by atoms with E-state index in [1.165, 1.54) is 12.1 Å². The molecule has 1 aliphatic heterocycles. The third kappa shape index (κ3) is 5.76. The van der Waals surface area contributed by atoms with Gasteiger partial charge in [0.05, 0.1) is 22.8 Å². The summed E-state index contributed by atoms with van der Waals surface area (Å²) in [6, 6.07) is 4.71. The molecular formula is C23H34N4O4S. The first-order valence-electron chi connectivity index (χ1n) is 11.5. The van der Waals surface area contributed by atoms with Crippen molar-refractivity contribution in [2.75, 3.05) is 32.8 Å². The smallest absolute Gasteiger partial charge is 0.254 e. The summed E-state index contributed by atoms with van der Waals surface area (Å²) in [4.78, 5) is 22.5. The number of sulfonamides is 1. The lowest BCUT2D eigenvalue weighted by Crippen LogP contribution is -2.33. The Bertz CT molecular complexity index is 1080. The third-order valence-electron chi connectivity index (χ3n) is 5.69. The van der Waals surface area contributed by atoms with Crippen LogP contribution in [0.2, 0.25) is 0 Å². The molecule has 2 aromatic rings. The van der Waals surface area contributed by atoms with E-state index in [1.807, 2.05) is 20.8 Å². The molecule has 0 bridgehead atoms. The molecule has 0 spiro atoms.